The van der Waals surface area contributed by atoms with Crippen molar-refractivity contribution in [2.24, 2.45) is 0 Å². The summed E-state index contributed by atoms with van der Waals surface area (Å²) in [6.45, 7) is 2.37. The smallest absolute Gasteiger partial charge is 0.238 e. The van der Waals surface area contributed by atoms with Gasteiger partial charge in [-0.3, -0.25) is 9.69 Å². The van der Waals surface area contributed by atoms with Crippen LogP contribution < -0.4 is 10.6 Å². The Balaban J connectivity index is 1.41. The number of nitrogens with zero attached hydrogens (tertiary/aromatic N) is 1. The third-order valence-corrected chi connectivity index (χ3v) is 4.16. The highest BCUT2D eigenvalue weighted by Gasteiger charge is 2.20. The molecule has 1 heterocycles. The van der Waals surface area contributed by atoms with Crippen LogP contribution in [0.25, 0.3) is 0 Å². The van der Waals surface area contributed by atoms with Crippen LogP contribution in [0.1, 0.15) is 12.8 Å². The first-order valence-corrected chi connectivity index (χ1v) is 8.18. The van der Waals surface area contributed by atoms with Crippen LogP contribution in [0.2, 0.25) is 0 Å². The minimum absolute atomic E-state index is 0.0608. The van der Waals surface area contributed by atoms with Gasteiger partial charge in [-0.2, -0.15) is 0 Å². The molecule has 1 amide bonds. The highest BCUT2D eigenvalue weighted by Crippen LogP contribution is 2.16. The van der Waals surface area contributed by atoms with Gasteiger partial charge in [-0.05, 0) is 37.1 Å². The quantitative estimate of drug-likeness (QED) is 0.891. The second-order valence-electron chi connectivity index (χ2n) is 5.97. The molecule has 2 aromatic carbocycles. The molecule has 3 rings (SSSR count). The van der Waals surface area contributed by atoms with Gasteiger partial charge in [0, 0.05) is 30.5 Å². The lowest BCUT2D eigenvalue weighted by Gasteiger charge is -2.32. The van der Waals surface area contributed by atoms with Gasteiger partial charge in [0.1, 0.15) is 0 Å². The van der Waals surface area contributed by atoms with E-state index in [1.807, 2.05) is 48.5 Å². The summed E-state index contributed by atoms with van der Waals surface area (Å²) >= 11 is 0. The third kappa shape index (κ3) is 4.83. The van der Waals surface area contributed by atoms with Crippen molar-refractivity contribution in [2.75, 3.05) is 30.3 Å². The number of benzene rings is 2. The van der Waals surface area contributed by atoms with Gasteiger partial charge in [0.15, 0.2) is 0 Å². The van der Waals surface area contributed by atoms with Crippen molar-refractivity contribution in [1.29, 1.82) is 0 Å². The minimum Gasteiger partial charge on any atom is -0.382 e. The van der Waals surface area contributed by atoms with E-state index in [2.05, 4.69) is 27.7 Å². The van der Waals surface area contributed by atoms with Crippen molar-refractivity contribution in [3.8, 4) is 0 Å². The van der Waals surface area contributed by atoms with E-state index in [0.29, 0.717) is 12.6 Å². The average Bonchev–Trinajstić information content (AvgIpc) is 2.58. The van der Waals surface area contributed by atoms with Crippen molar-refractivity contribution < 1.29 is 4.79 Å². The Bertz CT molecular complexity index is 607. The van der Waals surface area contributed by atoms with Gasteiger partial charge in [-0.1, -0.05) is 36.4 Å². The zero-order chi connectivity index (χ0) is 15.9. The first kappa shape index (κ1) is 15.6. The number of para-hydroxylation sites is 2. The highest BCUT2D eigenvalue weighted by molar-refractivity contribution is 5.92. The van der Waals surface area contributed by atoms with Crippen molar-refractivity contribution >= 4 is 17.3 Å². The maximum absolute atomic E-state index is 12.1. The monoisotopic (exact) mass is 309 g/mol. The number of likely N-dealkylation sites (tertiary alicyclic amines) is 1. The van der Waals surface area contributed by atoms with Crippen LogP contribution in [0.5, 0.6) is 0 Å². The second kappa shape index (κ2) is 7.79. The lowest BCUT2D eigenvalue weighted by atomic mass is 10.0. The summed E-state index contributed by atoms with van der Waals surface area (Å²) in [5, 5.41) is 6.51. The van der Waals surface area contributed by atoms with Crippen LogP contribution in [-0.2, 0) is 4.79 Å². The Kier molecular flexibility index (Phi) is 5.27. The molecule has 2 aromatic rings. The van der Waals surface area contributed by atoms with E-state index < -0.39 is 0 Å². The van der Waals surface area contributed by atoms with E-state index in [1.165, 1.54) is 5.69 Å². The number of amides is 1. The molecule has 120 valence electrons. The van der Waals surface area contributed by atoms with Gasteiger partial charge in [0.05, 0.1) is 6.54 Å². The zero-order valence-electron chi connectivity index (χ0n) is 13.2. The predicted molar refractivity (Wildman–Crippen MR) is 94.6 cm³/mol. The molecule has 0 atom stereocenters. The standard InChI is InChI=1S/C19H23N3O/c23-19(21-17-9-5-2-6-10-17)15-22-13-11-18(12-14-22)20-16-7-3-1-4-8-16/h1-10,18,20H,11-15H2,(H,21,23). The van der Waals surface area contributed by atoms with Gasteiger partial charge in [0.25, 0.3) is 0 Å². The number of piperidine rings is 1. The summed E-state index contributed by atoms with van der Waals surface area (Å²) in [6, 6.07) is 20.4. The van der Waals surface area contributed by atoms with Gasteiger partial charge < -0.3 is 10.6 Å². The van der Waals surface area contributed by atoms with Gasteiger partial charge in [-0.25, -0.2) is 0 Å². The van der Waals surface area contributed by atoms with Gasteiger partial charge in [-0.15, -0.1) is 0 Å². The van der Waals surface area contributed by atoms with Gasteiger partial charge in [0.2, 0.25) is 5.91 Å². The maximum Gasteiger partial charge on any atom is 0.238 e. The van der Waals surface area contributed by atoms with E-state index in [1.54, 1.807) is 0 Å². The van der Waals surface area contributed by atoms with Crippen LogP contribution in [0, 0.1) is 0 Å². The van der Waals surface area contributed by atoms with Crippen molar-refractivity contribution in [2.45, 2.75) is 18.9 Å². The van der Waals surface area contributed by atoms with E-state index >= 15 is 0 Å². The van der Waals surface area contributed by atoms with Gasteiger partial charge >= 0.3 is 0 Å². The Labute approximate surface area is 137 Å². The fraction of sp³-hybridized carbons (Fsp3) is 0.316. The summed E-state index contributed by atoms with van der Waals surface area (Å²) in [4.78, 5) is 14.3. The lowest BCUT2D eigenvalue weighted by Crippen LogP contribution is -2.42. The molecule has 23 heavy (non-hydrogen) atoms. The molecule has 0 spiro atoms. The predicted octanol–water partition coefficient (Wildman–Crippen LogP) is 3.20. The zero-order valence-corrected chi connectivity index (χ0v) is 13.2. The van der Waals surface area contributed by atoms with Crippen LogP contribution in [-0.4, -0.2) is 36.5 Å². The van der Waals surface area contributed by atoms with E-state index in [4.69, 9.17) is 0 Å². The Hall–Kier alpha value is -2.33. The first-order valence-electron chi connectivity index (χ1n) is 8.18. The summed E-state index contributed by atoms with van der Waals surface area (Å²) in [6.07, 6.45) is 2.13. The number of carbonyl (C=O) groups is 1. The van der Waals surface area contributed by atoms with Crippen LogP contribution in [0.15, 0.2) is 60.7 Å². The number of hydrogen-bond acceptors (Lipinski definition) is 3. The molecule has 1 aliphatic heterocycles. The lowest BCUT2D eigenvalue weighted by molar-refractivity contribution is -0.117. The summed E-state index contributed by atoms with van der Waals surface area (Å²) in [7, 11) is 0. The summed E-state index contributed by atoms with van der Waals surface area (Å²) < 4.78 is 0. The van der Waals surface area contributed by atoms with Crippen LogP contribution in [0.3, 0.4) is 0 Å². The molecule has 0 unspecified atom stereocenters. The van der Waals surface area contributed by atoms with E-state index in [9.17, 15) is 4.79 Å². The Morgan fingerprint density at radius 3 is 2.09 bits per heavy atom. The fourth-order valence-electron chi connectivity index (χ4n) is 2.93. The number of carbonyl (C=O) groups excluding carboxylic acids is 1. The van der Waals surface area contributed by atoms with E-state index in [-0.39, 0.29) is 5.91 Å². The van der Waals surface area contributed by atoms with Crippen LogP contribution in [0.4, 0.5) is 11.4 Å². The number of anilines is 2. The normalized spacial score (nSPS) is 16.0. The first-order chi connectivity index (χ1) is 11.3. The summed E-state index contributed by atoms with van der Waals surface area (Å²) in [5.74, 6) is 0.0608. The Morgan fingerprint density at radius 1 is 0.913 bits per heavy atom. The number of rotatable bonds is 5. The molecule has 1 saturated heterocycles. The highest BCUT2D eigenvalue weighted by atomic mass is 16.2. The fourth-order valence-corrected chi connectivity index (χ4v) is 2.93. The molecule has 4 heteroatoms. The maximum atomic E-state index is 12.1. The second-order valence-corrected chi connectivity index (χ2v) is 5.97. The van der Waals surface area contributed by atoms with Crippen molar-refractivity contribution in [3.63, 3.8) is 0 Å². The number of nitrogens with one attached hydrogen (secondary N) is 2. The molecule has 2 N–H and O–H groups in total. The topological polar surface area (TPSA) is 44.4 Å². The van der Waals surface area contributed by atoms with Crippen molar-refractivity contribution in [3.05, 3.63) is 60.7 Å². The molecular weight excluding hydrogens is 286 g/mol. The molecule has 0 saturated carbocycles. The summed E-state index contributed by atoms with van der Waals surface area (Å²) in [5.41, 5.74) is 2.03. The average molecular weight is 309 g/mol. The van der Waals surface area contributed by atoms with E-state index in [0.717, 1.165) is 31.6 Å². The molecule has 0 aromatic heterocycles. The molecule has 4 nitrogen and oxygen atoms in total. The molecule has 0 bridgehead atoms. The van der Waals surface area contributed by atoms with Crippen molar-refractivity contribution in [1.82, 2.24) is 4.90 Å². The molecule has 1 fully saturated rings. The minimum atomic E-state index is 0.0608. The molecular formula is C19H23N3O. The number of hydrogen-bond donors (Lipinski definition) is 2. The molecule has 0 radical (unpaired) electrons. The molecule has 0 aliphatic carbocycles. The largest absolute Gasteiger partial charge is 0.382 e. The SMILES string of the molecule is O=C(CN1CCC(Nc2ccccc2)CC1)Nc1ccccc1. The third-order valence-electron chi connectivity index (χ3n) is 4.16. The van der Waals surface area contributed by atoms with Crippen LogP contribution >= 0.6 is 0 Å². The molecule has 1 aliphatic rings. The Morgan fingerprint density at radius 2 is 1.48 bits per heavy atom.